The maximum absolute atomic E-state index is 14.1. The molecule has 1 aromatic rings. The van der Waals surface area contributed by atoms with Gasteiger partial charge in [-0.15, -0.1) is 0 Å². The molecule has 2 amide bonds. The number of benzene rings is 1. The highest BCUT2D eigenvalue weighted by Gasteiger charge is 2.51. The van der Waals surface area contributed by atoms with Gasteiger partial charge in [0.25, 0.3) is 0 Å². The fourth-order valence-corrected chi connectivity index (χ4v) is 4.93. The number of fused-ring (bicyclic) bond motifs is 2. The van der Waals surface area contributed by atoms with Crippen LogP contribution in [0.25, 0.3) is 0 Å². The number of nitrogens with zero attached hydrogens (tertiary/aromatic N) is 2. The number of carboxylic acids is 1. The molecule has 3 atom stereocenters. The minimum atomic E-state index is -1.07. The highest BCUT2D eigenvalue weighted by molar-refractivity contribution is 5.90. The molecule has 1 aromatic carbocycles. The lowest BCUT2D eigenvalue weighted by Crippen LogP contribution is -2.52. The van der Waals surface area contributed by atoms with E-state index in [0.29, 0.717) is 17.7 Å². The largest absolute Gasteiger partial charge is 0.481 e. The van der Waals surface area contributed by atoms with E-state index >= 15 is 0 Å². The highest BCUT2D eigenvalue weighted by Crippen LogP contribution is 2.52. The molecule has 1 aliphatic heterocycles. The number of rotatable bonds is 5. The van der Waals surface area contributed by atoms with E-state index in [2.05, 4.69) is 0 Å². The number of carboxylic acid groups (broad SMARTS) is 2. The van der Waals surface area contributed by atoms with E-state index in [0.717, 1.165) is 25.7 Å². The lowest BCUT2D eigenvalue weighted by molar-refractivity contribution is -0.142. The van der Waals surface area contributed by atoms with Crippen LogP contribution in [0.4, 0.5) is 14.9 Å². The number of carbonyl (C=O) groups excluding carboxylic acids is 1. The van der Waals surface area contributed by atoms with Crippen molar-refractivity contribution in [2.24, 2.45) is 5.92 Å². The summed E-state index contributed by atoms with van der Waals surface area (Å²) in [6.07, 6.45) is 2.54. The summed E-state index contributed by atoms with van der Waals surface area (Å²) < 4.78 is 14.1. The predicted molar refractivity (Wildman–Crippen MR) is 97.5 cm³/mol. The number of hydrogen-bond acceptors (Lipinski definition) is 3. The topological polar surface area (TPSA) is 98.2 Å². The molecule has 0 unspecified atom stereocenters. The van der Waals surface area contributed by atoms with Crippen molar-refractivity contribution in [1.29, 1.82) is 0 Å². The third-order valence-corrected chi connectivity index (χ3v) is 6.12. The van der Waals surface area contributed by atoms with Gasteiger partial charge in [-0.3, -0.25) is 14.5 Å². The fraction of sp³-hybridized carbons (Fsp3) is 0.550. The van der Waals surface area contributed by atoms with Gasteiger partial charge in [-0.25, -0.2) is 9.18 Å². The van der Waals surface area contributed by atoms with Gasteiger partial charge in [0, 0.05) is 30.0 Å². The summed E-state index contributed by atoms with van der Waals surface area (Å²) in [5, 5.41) is 18.7. The van der Waals surface area contributed by atoms with E-state index in [1.807, 2.05) is 0 Å². The van der Waals surface area contributed by atoms with Crippen LogP contribution < -0.4 is 4.90 Å². The molecule has 150 valence electrons. The summed E-state index contributed by atoms with van der Waals surface area (Å²) in [4.78, 5) is 38.9. The van der Waals surface area contributed by atoms with E-state index in [1.54, 1.807) is 4.90 Å². The van der Waals surface area contributed by atoms with Gasteiger partial charge in [0.05, 0.1) is 18.2 Å². The van der Waals surface area contributed by atoms with E-state index in [-0.39, 0.29) is 36.8 Å². The zero-order valence-corrected chi connectivity index (χ0v) is 15.4. The molecule has 0 aromatic heterocycles. The molecular weight excluding hydrogens is 367 g/mol. The molecule has 2 N–H and O–H groups in total. The van der Waals surface area contributed by atoms with Crippen molar-refractivity contribution in [2.75, 3.05) is 4.90 Å². The van der Waals surface area contributed by atoms with Crippen LogP contribution in [-0.4, -0.2) is 45.2 Å². The summed E-state index contributed by atoms with van der Waals surface area (Å²) in [6.45, 7) is 0. The molecule has 8 heteroatoms. The Kier molecular flexibility index (Phi) is 4.72. The number of halogens is 1. The van der Waals surface area contributed by atoms with Gasteiger partial charge in [-0.2, -0.15) is 0 Å². The van der Waals surface area contributed by atoms with Crippen molar-refractivity contribution in [2.45, 2.75) is 63.1 Å². The van der Waals surface area contributed by atoms with Crippen LogP contribution in [0.1, 0.15) is 56.6 Å². The van der Waals surface area contributed by atoms with E-state index in [9.17, 15) is 23.9 Å². The average molecular weight is 390 g/mol. The van der Waals surface area contributed by atoms with Crippen LogP contribution in [0.3, 0.4) is 0 Å². The van der Waals surface area contributed by atoms with Crippen molar-refractivity contribution in [3.05, 3.63) is 29.6 Å². The second-order valence-electron chi connectivity index (χ2n) is 7.89. The number of aliphatic carboxylic acids is 1. The quantitative estimate of drug-likeness (QED) is 0.803. The smallest absolute Gasteiger partial charge is 0.412 e. The van der Waals surface area contributed by atoms with Crippen molar-refractivity contribution in [3.8, 4) is 0 Å². The molecule has 0 radical (unpaired) electrons. The zero-order valence-electron chi connectivity index (χ0n) is 15.4. The fourth-order valence-electron chi connectivity index (χ4n) is 4.93. The van der Waals surface area contributed by atoms with Crippen LogP contribution in [0, 0.1) is 11.7 Å². The van der Waals surface area contributed by atoms with E-state index < -0.39 is 23.9 Å². The maximum atomic E-state index is 14.1. The second-order valence-corrected chi connectivity index (χ2v) is 7.89. The third-order valence-electron chi connectivity index (χ3n) is 6.12. The Hall–Kier alpha value is -2.64. The lowest BCUT2D eigenvalue weighted by atomic mass is 9.81. The number of hydrogen-bond donors (Lipinski definition) is 2. The van der Waals surface area contributed by atoms with Gasteiger partial charge in [-0.1, -0.05) is 6.42 Å². The molecule has 4 rings (SSSR count). The molecule has 28 heavy (non-hydrogen) atoms. The highest BCUT2D eigenvalue weighted by atomic mass is 19.1. The summed E-state index contributed by atoms with van der Waals surface area (Å²) in [7, 11) is 0. The van der Waals surface area contributed by atoms with Crippen molar-refractivity contribution >= 4 is 23.7 Å². The van der Waals surface area contributed by atoms with Crippen molar-refractivity contribution < 1.29 is 29.0 Å². The summed E-state index contributed by atoms with van der Waals surface area (Å²) in [6, 6.07) is 3.41. The Balaban J connectivity index is 1.78. The number of carbonyl (C=O) groups is 3. The Morgan fingerprint density at radius 2 is 1.86 bits per heavy atom. The monoisotopic (exact) mass is 390 g/mol. The summed E-state index contributed by atoms with van der Waals surface area (Å²) in [5.74, 6) is -1.87. The van der Waals surface area contributed by atoms with Crippen LogP contribution in [-0.2, 0) is 9.59 Å². The standard InChI is InChI=1S/C20H23FN2O5/c21-11-4-7-16-14(10-11)19(13-2-1-3-15(13)23(16)20(27)28)22(12-5-6-12)17(24)8-9-18(25)26/h4,7,10,12-13,15,19H,1-3,5-6,8-9H2,(H,25,26)(H,27,28)/t13-,15+,19+/m0/s1. The Morgan fingerprint density at radius 1 is 1.11 bits per heavy atom. The van der Waals surface area contributed by atoms with Crippen LogP contribution in [0.15, 0.2) is 18.2 Å². The average Bonchev–Trinajstić information content (AvgIpc) is 3.35. The van der Waals surface area contributed by atoms with Gasteiger partial charge in [-0.05, 0) is 43.9 Å². The first-order valence-electron chi connectivity index (χ1n) is 9.73. The SMILES string of the molecule is O=C(O)CCC(=O)N(C1CC1)[C@H]1c2cc(F)ccc2N(C(=O)O)[C@@H]2CCC[C@@H]21. The molecule has 0 spiro atoms. The van der Waals surface area contributed by atoms with E-state index in [4.69, 9.17) is 5.11 Å². The number of anilines is 1. The molecule has 2 saturated carbocycles. The van der Waals surface area contributed by atoms with Gasteiger partial charge >= 0.3 is 12.1 Å². The summed E-state index contributed by atoms with van der Waals surface area (Å²) >= 11 is 0. The summed E-state index contributed by atoms with van der Waals surface area (Å²) in [5.41, 5.74) is 0.944. The Morgan fingerprint density at radius 3 is 2.50 bits per heavy atom. The first kappa shape index (κ1) is 18.7. The van der Waals surface area contributed by atoms with Gasteiger partial charge in [0.15, 0.2) is 0 Å². The molecule has 1 heterocycles. The predicted octanol–water partition coefficient (Wildman–Crippen LogP) is 3.39. The second kappa shape index (κ2) is 7.07. The first-order chi connectivity index (χ1) is 13.4. The Labute approximate surface area is 161 Å². The van der Waals surface area contributed by atoms with Gasteiger partial charge in [0.2, 0.25) is 5.91 Å². The lowest BCUT2D eigenvalue weighted by Gasteiger charge is -2.46. The Bertz CT molecular complexity index is 825. The molecule has 0 saturated heterocycles. The minimum absolute atomic E-state index is 0.0139. The first-order valence-corrected chi connectivity index (χ1v) is 9.73. The van der Waals surface area contributed by atoms with Gasteiger partial charge in [0.1, 0.15) is 5.82 Å². The molecule has 7 nitrogen and oxygen atoms in total. The molecular formula is C20H23FN2O5. The van der Waals surface area contributed by atoms with E-state index in [1.165, 1.54) is 23.1 Å². The molecule has 0 bridgehead atoms. The maximum Gasteiger partial charge on any atom is 0.412 e. The van der Waals surface area contributed by atoms with Gasteiger partial charge < -0.3 is 15.1 Å². The third kappa shape index (κ3) is 3.21. The molecule has 3 aliphatic rings. The molecule has 2 aliphatic carbocycles. The van der Waals surface area contributed by atoms with Crippen LogP contribution in [0.2, 0.25) is 0 Å². The van der Waals surface area contributed by atoms with Crippen LogP contribution in [0.5, 0.6) is 0 Å². The minimum Gasteiger partial charge on any atom is -0.481 e. The normalized spacial score (nSPS) is 25.8. The zero-order chi connectivity index (χ0) is 20.0. The number of amides is 2. The molecule has 2 fully saturated rings. The van der Waals surface area contributed by atoms with Crippen LogP contribution >= 0.6 is 0 Å². The van der Waals surface area contributed by atoms with Crippen molar-refractivity contribution in [1.82, 2.24) is 4.90 Å². The van der Waals surface area contributed by atoms with Crippen molar-refractivity contribution in [3.63, 3.8) is 0 Å².